The zero-order valence-electron chi connectivity index (χ0n) is 19.5. The average Bonchev–Trinajstić information content (AvgIpc) is 2.83. The number of rotatable bonds is 4. The van der Waals surface area contributed by atoms with Crippen molar-refractivity contribution in [3.8, 4) is 11.3 Å². The second kappa shape index (κ2) is 10.1. The van der Waals surface area contributed by atoms with Crippen LogP contribution in [-0.2, 0) is 4.79 Å². The fourth-order valence-corrected chi connectivity index (χ4v) is 3.73. The predicted molar refractivity (Wildman–Crippen MR) is 130 cm³/mol. The summed E-state index contributed by atoms with van der Waals surface area (Å²) in [7, 11) is 3.97. The van der Waals surface area contributed by atoms with Crippen LogP contribution >= 0.6 is 0 Å². The molecule has 0 unspecified atom stereocenters. The van der Waals surface area contributed by atoms with Gasteiger partial charge in [0.15, 0.2) is 0 Å². The molecule has 4 aromatic rings. The maximum absolute atomic E-state index is 10.6. The summed E-state index contributed by atoms with van der Waals surface area (Å²) in [5.41, 5.74) is 3.98. The van der Waals surface area contributed by atoms with E-state index in [2.05, 4.69) is 50.2 Å². The largest absolute Gasteiger partial charge is 0.490 e. The summed E-state index contributed by atoms with van der Waals surface area (Å²) in [6, 6.07) is 16.5. The molecular formula is C25H23F3N6O2. The topological polar surface area (TPSA) is 95.3 Å². The molecule has 36 heavy (non-hydrogen) atoms. The number of hydrogen-bond acceptors (Lipinski definition) is 7. The maximum Gasteiger partial charge on any atom is 0.490 e. The van der Waals surface area contributed by atoms with Crippen LogP contribution in [0.4, 0.5) is 24.8 Å². The molecule has 0 saturated carbocycles. The second-order valence-electron chi connectivity index (χ2n) is 8.36. The lowest BCUT2D eigenvalue weighted by Crippen LogP contribution is -2.46. The number of alkyl halides is 3. The van der Waals surface area contributed by atoms with Crippen LogP contribution in [0.1, 0.15) is 11.6 Å². The fraction of sp³-hybridized carbons (Fsp3) is 0.240. The molecule has 1 N–H and O–H groups in total. The SMILES string of the molecule is CN(C)c1ccc(-c2nccnc2C2CN(c3ccc4ccccc4n3)C2)cn1.O=C(O)C(F)(F)F. The summed E-state index contributed by atoms with van der Waals surface area (Å²) in [5.74, 6) is -0.480. The molecule has 0 amide bonds. The normalized spacial score (nSPS) is 13.5. The van der Waals surface area contributed by atoms with Gasteiger partial charge < -0.3 is 14.9 Å². The van der Waals surface area contributed by atoms with Gasteiger partial charge in [0.25, 0.3) is 0 Å². The van der Waals surface area contributed by atoms with E-state index in [4.69, 9.17) is 14.9 Å². The lowest BCUT2D eigenvalue weighted by molar-refractivity contribution is -0.192. The van der Waals surface area contributed by atoms with Gasteiger partial charge >= 0.3 is 12.1 Å². The van der Waals surface area contributed by atoms with Gasteiger partial charge in [0.2, 0.25) is 0 Å². The number of para-hydroxylation sites is 1. The molecule has 0 aliphatic carbocycles. The molecule has 0 spiro atoms. The van der Waals surface area contributed by atoms with E-state index in [-0.39, 0.29) is 0 Å². The fourth-order valence-electron chi connectivity index (χ4n) is 3.73. The number of fused-ring (bicyclic) bond motifs is 1. The molecule has 3 aromatic heterocycles. The van der Waals surface area contributed by atoms with E-state index in [0.717, 1.165) is 47.2 Å². The van der Waals surface area contributed by atoms with Crippen molar-refractivity contribution >= 4 is 28.5 Å². The Labute approximate surface area is 205 Å². The van der Waals surface area contributed by atoms with Gasteiger partial charge in [0.1, 0.15) is 11.6 Å². The number of pyridine rings is 2. The molecule has 186 valence electrons. The Morgan fingerprint density at radius 1 is 1.00 bits per heavy atom. The van der Waals surface area contributed by atoms with Crippen molar-refractivity contribution in [1.29, 1.82) is 0 Å². The average molecular weight is 496 g/mol. The first-order valence-electron chi connectivity index (χ1n) is 11.0. The van der Waals surface area contributed by atoms with Crippen molar-refractivity contribution in [2.75, 3.05) is 37.0 Å². The predicted octanol–water partition coefficient (Wildman–Crippen LogP) is 4.39. The highest BCUT2D eigenvalue weighted by atomic mass is 19.4. The molecule has 8 nitrogen and oxygen atoms in total. The van der Waals surface area contributed by atoms with Crippen LogP contribution in [0.15, 0.2) is 67.1 Å². The minimum atomic E-state index is -5.08. The molecule has 1 aliphatic heterocycles. The van der Waals surface area contributed by atoms with Gasteiger partial charge in [0, 0.05) is 62.6 Å². The summed E-state index contributed by atoms with van der Waals surface area (Å²) in [5, 5.41) is 8.29. The first kappa shape index (κ1) is 24.8. The van der Waals surface area contributed by atoms with E-state index in [0.29, 0.717) is 5.92 Å². The molecule has 1 fully saturated rings. The van der Waals surface area contributed by atoms with E-state index >= 15 is 0 Å². The molecule has 1 aliphatic rings. The van der Waals surface area contributed by atoms with Gasteiger partial charge in [-0.2, -0.15) is 13.2 Å². The van der Waals surface area contributed by atoms with Gasteiger partial charge in [-0.05, 0) is 30.3 Å². The van der Waals surface area contributed by atoms with Crippen LogP contribution < -0.4 is 9.80 Å². The highest BCUT2D eigenvalue weighted by molar-refractivity contribution is 5.80. The van der Waals surface area contributed by atoms with Crippen molar-refractivity contribution in [2.45, 2.75) is 12.1 Å². The van der Waals surface area contributed by atoms with Crippen LogP contribution in [0.25, 0.3) is 22.2 Å². The number of halogens is 3. The molecule has 0 radical (unpaired) electrons. The third-order valence-corrected chi connectivity index (χ3v) is 5.62. The number of benzene rings is 1. The van der Waals surface area contributed by atoms with Crippen molar-refractivity contribution < 1.29 is 23.1 Å². The van der Waals surface area contributed by atoms with E-state index in [9.17, 15) is 13.2 Å². The maximum atomic E-state index is 10.6. The Balaban J connectivity index is 0.000000384. The molecule has 0 atom stereocenters. The van der Waals surface area contributed by atoms with E-state index < -0.39 is 12.1 Å². The monoisotopic (exact) mass is 496 g/mol. The Kier molecular flexibility index (Phi) is 7.00. The third kappa shape index (κ3) is 5.51. The second-order valence-corrected chi connectivity index (χ2v) is 8.36. The summed E-state index contributed by atoms with van der Waals surface area (Å²) < 4.78 is 31.7. The Bertz CT molecular complexity index is 1360. The number of carboxylic acids is 1. The lowest BCUT2D eigenvalue weighted by atomic mass is 9.92. The van der Waals surface area contributed by atoms with Crippen LogP contribution in [0.5, 0.6) is 0 Å². The standard InChI is InChI=1S/C23H22N6.C2HF3O2/c1-28(2)20-9-8-17(13-26-20)22-23(25-12-11-24-22)18-14-29(15-18)21-10-7-16-5-3-4-6-19(16)27-21;3-2(4,5)1(6)7/h3-13,18H,14-15H2,1-2H3;(H,6,7). The Morgan fingerprint density at radius 2 is 1.69 bits per heavy atom. The van der Waals surface area contributed by atoms with Gasteiger partial charge in [-0.3, -0.25) is 9.97 Å². The third-order valence-electron chi connectivity index (χ3n) is 5.62. The number of carbonyl (C=O) groups is 1. The smallest absolute Gasteiger partial charge is 0.475 e. The minimum Gasteiger partial charge on any atom is -0.475 e. The number of aromatic nitrogens is 4. The first-order valence-corrected chi connectivity index (χ1v) is 11.0. The van der Waals surface area contributed by atoms with Crippen LogP contribution in [-0.4, -0.2) is 64.4 Å². The highest BCUT2D eigenvalue weighted by Gasteiger charge is 2.38. The summed E-state index contributed by atoms with van der Waals surface area (Å²) >= 11 is 0. The first-order chi connectivity index (χ1) is 17.1. The molecule has 0 bridgehead atoms. The van der Waals surface area contributed by atoms with E-state index in [1.54, 1.807) is 12.4 Å². The zero-order chi connectivity index (χ0) is 25.9. The van der Waals surface area contributed by atoms with Crippen molar-refractivity contribution in [3.63, 3.8) is 0 Å². The van der Waals surface area contributed by atoms with Crippen molar-refractivity contribution in [2.24, 2.45) is 0 Å². The summed E-state index contributed by atoms with van der Waals surface area (Å²) in [4.78, 5) is 31.8. The molecule has 1 aromatic carbocycles. The van der Waals surface area contributed by atoms with Crippen molar-refractivity contribution in [3.05, 3.63) is 72.8 Å². The minimum absolute atomic E-state index is 0.334. The highest BCUT2D eigenvalue weighted by Crippen LogP contribution is 2.34. The van der Waals surface area contributed by atoms with Crippen molar-refractivity contribution in [1.82, 2.24) is 19.9 Å². The molecule has 4 heterocycles. The lowest BCUT2D eigenvalue weighted by Gasteiger charge is -2.40. The van der Waals surface area contributed by atoms with Crippen LogP contribution in [0, 0.1) is 0 Å². The summed E-state index contributed by atoms with van der Waals surface area (Å²) in [6.07, 6.45) is 0.321. The molecule has 5 rings (SSSR count). The number of aliphatic carboxylic acids is 1. The Hall–Kier alpha value is -4.28. The number of carboxylic acid groups (broad SMARTS) is 1. The molecule has 1 saturated heterocycles. The zero-order valence-corrected chi connectivity index (χ0v) is 19.5. The van der Waals surface area contributed by atoms with E-state index in [1.165, 1.54) is 5.39 Å². The molecule has 11 heteroatoms. The van der Waals surface area contributed by atoms with E-state index in [1.807, 2.05) is 43.4 Å². The van der Waals surface area contributed by atoms with Crippen LogP contribution in [0.3, 0.4) is 0 Å². The van der Waals surface area contributed by atoms with Gasteiger partial charge in [-0.25, -0.2) is 14.8 Å². The molecular weight excluding hydrogens is 473 g/mol. The van der Waals surface area contributed by atoms with Gasteiger partial charge in [-0.15, -0.1) is 0 Å². The quantitative estimate of drug-likeness (QED) is 0.445. The summed E-state index contributed by atoms with van der Waals surface area (Å²) in [6.45, 7) is 1.78. The van der Waals surface area contributed by atoms with Gasteiger partial charge in [-0.1, -0.05) is 18.2 Å². The number of anilines is 2. The van der Waals surface area contributed by atoms with Crippen LogP contribution in [0.2, 0.25) is 0 Å². The number of hydrogen-bond donors (Lipinski definition) is 1. The Morgan fingerprint density at radius 3 is 2.33 bits per heavy atom. The van der Waals surface area contributed by atoms with Gasteiger partial charge in [0.05, 0.1) is 16.9 Å². The number of nitrogens with zero attached hydrogens (tertiary/aromatic N) is 6.